The van der Waals surface area contributed by atoms with Crippen molar-refractivity contribution in [1.29, 1.82) is 0 Å². The number of nitrogens with zero attached hydrogens (tertiary/aromatic N) is 4. The lowest BCUT2D eigenvalue weighted by Crippen LogP contribution is -2.38. The van der Waals surface area contributed by atoms with Gasteiger partial charge in [-0.15, -0.1) is 10.2 Å². The Balaban J connectivity index is 2.12. The Morgan fingerprint density at radius 3 is 2.70 bits per heavy atom. The summed E-state index contributed by atoms with van der Waals surface area (Å²) in [5.74, 6) is 2.44. The van der Waals surface area contributed by atoms with E-state index in [-0.39, 0.29) is 0 Å². The summed E-state index contributed by atoms with van der Waals surface area (Å²) in [4.78, 5) is 2.26. The van der Waals surface area contributed by atoms with Crippen LogP contribution in [0.3, 0.4) is 0 Å². The summed E-state index contributed by atoms with van der Waals surface area (Å²) < 4.78 is 12.7. The molecule has 0 unspecified atom stereocenters. The molecule has 0 aromatic carbocycles. The van der Waals surface area contributed by atoms with Crippen LogP contribution in [-0.2, 0) is 16.0 Å². The van der Waals surface area contributed by atoms with Gasteiger partial charge < -0.3 is 14.4 Å². The van der Waals surface area contributed by atoms with Crippen LogP contribution in [0, 0.1) is 5.92 Å². The van der Waals surface area contributed by atoms with Crippen LogP contribution in [0.4, 0.5) is 5.95 Å². The smallest absolute Gasteiger partial charge is 0.228 e. The van der Waals surface area contributed by atoms with Crippen LogP contribution < -0.4 is 4.90 Å². The molecule has 0 N–H and O–H groups in total. The molecule has 1 aromatic rings. The molecule has 6 nitrogen and oxygen atoms in total. The minimum atomic E-state index is 0.563. The number of hydrogen-bond donors (Lipinski definition) is 0. The molecule has 0 radical (unpaired) electrons. The second-order valence-electron chi connectivity index (χ2n) is 5.23. The van der Waals surface area contributed by atoms with Crippen molar-refractivity contribution >= 4 is 17.7 Å². The Hall–Kier alpha value is -0.790. The van der Waals surface area contributed by atoms with Gasteiger partial charge in [0.25, 0.3) is 0 Å². The summed E-state index contributed by atoms with van der Waals surface area (Å²) in [5.41, 5.74) is 0. The van der Waals surface area contributed by atoms with Crippen molar-refractivity contribution < 1.29 is 9.47 Å². The molecule has 114 valence electrons. The number of aromatic nitrogens is 3. The lowest BCUT2D eigenvalue weighted by molar-refractivity contribution is 0.121. The first kappa shape index (κ1) is 15.6. The first-order valence-corrected chi connectivity index (χ1v) is 8.08. The Bertz CT molecular complexity index is 405. The van der Waals surface area contributed by atoms with Crippen molar-refractivity contribution in [2.24, 2.45) is 5.92 Å². The minimum Gasteiger partial charge on any atom is -0.384 e. The number of thioether (sulfide) groups is 1. The number of hydrogen-bond acceptors (Lipinski definition) is 6. The molecule has 0 amide bonds. The third kappa shape index (κ3) is 4.10. The molecule has 2 heterocycles. The Morgan fingerprint density at radius 2 is 2.05 bits per heavy atom. The average molecular weight is 300 g/mol. The summed E-state index contributed by atoms with van der Waals surface area (Å²) >= 11 is 1.70. The summed E-state index contributed by atoms with van der Waals surface area (Å²) in [7, 11) is 1.72. The fraction of sp³-hybridized carbons (Fsp3) is 0.846. The number of ether oxygens (including phenoxy) is 2. The van der Waals surface area contributed by atoms with Gasteiger partial charge in [0.05, 0.1) is 19.8 Å². The topological polar surface area (TPSA) is 52.4 Å². The normalized spacial score (nSPS) is 16.1. The number of morpholine rings is 1. The first-order valence-electron chi connectivity index (χ1n) is 7.10. The van der Waals surface area contributed by atoms with Gasteiger partial charge >= 0.3 is 0 Å². The highest BCUT2D eigenvalue weighted by Gasteiger charge is 2.20. The zero-order valence-corrected chi connectivity index (χ0v) is 13.4. The molecular formula is C13H24N4O2S. The summed E-state index contributed by atoms with van der Waals surface area (Å²) in [6.45, 7) is 9.40. The second kappa shape index (κ2) is 7.85. The van der Waals surface area contributed by atoms with Crippen molar-refractivity contribution in [3.8, 4) is 0 Å². The van der Waals surface area contributed by atoms with Crippen molar-refractivity contribution in [3.63, 3.8) is 0 Å². The van der Waals surface area contributed by atoms with E-state index >= 15 is 0 Å². The Morgan fingerprint density at radius 1 is 1.30 bits per heavy atom. The van der Waals surface area contributed by atoms with Crippen LogP contribution >= 0.6 is 11.8 Å². The average Bonchev–Trinajstić information content (AvgIpc) is 2.82. The van der Waals surface area contributed by atoms with Gasteiger partial charge in [-0.3, -0.25) is 4.57 Å². The number of anilines is 1. The molecule has 0 atom stereocenters. The van der Waals surface area contributed by atoms with Crippen LogP contribution in [-0.4, -0.2) is 60.5 Å². The standard InChI is InChI=1S/C13H24N4O2S/c1-11(2)10-17-12(16-4-6-19-7-5-16)14-15-13(17)20-9-8-18-3/h11H,4-10H2,1-3H3. The largest absolute Gasteiger partial charge is 0.384 e. The summed E-state index contributed by atoms with van der Waals surface area (Å²) in [6, 6.07) is 0. The van der Waals surface area contributed by atoms with Crippen LogP contribution in [0.25, 0.3) is 0 Å². The molecule has 0 saturated carbocycles. The second-order valence-corrected chi connectivity index (χ2v) is 6.29. The molecule has 1 aliphatic rings. The van der Waals surface area contributed by atoms with E-state index < -0.39 is 0 Å². The predicted molar refractivity (Wildman–Crippen MR) is 80.5 cm³/mol. The van der Waals surface area contributed by atoms with Gasteiger partial charge in [-0.25, -0.2) is 0 Å². The molecule has 1 saturated heterocycles. The van der Waals surface area contributed by atoms with Crippen molar-refractivity contribution in [2.75, 3.05) is 50.7 Å². The molecule has 0 bridgehead atoms. The summed E-state index contributed by atoms with van der Waals surface area (Å²) in [6.07, 6.45) is 0. The van der Waals surface area contributed by atoms with E-state index in [0.29, 0.717) is 5.92 Å². The van der Waals surface area contributed by atoms with Crippen molar-refractivity contribution in [2.45, 2.75) is 25.5 Å². The third-order valence-electron chi connectivity index (χ3n) is 3.06. The molecule has 0 aliphatic carbocycles. The monoisotopic (exact) mass is 300 g/mol. The van der Waals surface area contributed by atoms with Crippen LogP contribution in [0.1, 0.15) is 13.8 Å². The Labute approximate surface area is 124 Å². The maximum atomic E-state index is 5.41. The van der Waals surface area contributed by atoms with Gasteiger partial charge in [-0.1, -0.05) is 25.6 Å². The maximum absolute atomic E-state index is 5.41. The highest BCUT2D eigenvalue weighted by molar-refractivity contribution is 7.99. The van der Waals surface area contributed by atoms with E-state index in [1.165, 1.54) is 0 Å². The minimum absolute atomic E-state index is 0.563. The van der Waals surface area contributed by atoms with E-state index in [9.17, 15) is 0 Å². The highest BCUT2D eigenvalue weighted by Crippen LogP contribution is 2.23. The molecule has 20 heavy (non-hydrogen) atoms. The first-order chi connectivity index (χ1) is 9.72. The van der Waals surface area contributed by atoms with E-state index in [2.05, 4.69) is 33.5 Å². The number of methoxy groups -OCH3 is 1. The van der Waals surface area contributed by atoms with Gasteiger partial charge in [-0.2, -0.15) is 0 Å². The Kier molecular flexibility index (Phi) is 6.12. The van der Waals surface area contributed by atoms with Gasteiger partial charge in [0.15, 0.2) is 5.16 Å². The highest BCUT2D eigenvalue weighted by atomic mass is 32.2. The lowest BCUT2D eigenvalue weighted by atomic mass is 10.2. The maximum Gasteiger partial charge on any atom is 0.228 e. The van der Waals surface area contributed by atoms with Gasteiger partial charge in [-0.05, 0) is 5.92 Å². The van der Waals surface area contributed by atoms with E-state index in [1.54, 1.807) is 18.9 Å². The number of rotatable bonds is 7. The lowest BCUT2D eigenvalue weighted by Gasteiger charge is -2.28. The van der Waals surface area contributed by atoms with Crippen molar-refractivity contribution in [3.05, 3.63) is 0 Å². The van der Waals surface area contributed by atoms with E-state index in [4.69, 9.17) is 9.47 Å². The fourth-order valence-corrected chi connectivity index (χ4v) is 2.97. The molecule has 2 rings (SSSR count). The third-order valence-corrected chi connectivity index (χ3v) is 3.99. The van der Waals surface area contributed by atoms with Gasteiger partial charge in [0, 0.05) is 32.5 Å². The quantitative estimate of drug-likeness (QED) is 0.562. The molecule has 7 heteroatoms. The van der Waals surface area contributed by atoms with Crippen LogP contribution in [0.5, 0.6) is 0 Å². The van der Waals surface area contributed by atoms with Crippen molar-refractivity contribution in [1.82, 2.24) is 14.8 Å². The molecule has 1 aromatic heterocycles. The van der Waals surface area contributed by atoms with Gasteiger partial charge in [0.2, 0.25) is 5.95 Å². The van der Waals surface area contributed by atoms with Crippen LogP contribution in [0.15, 0.2) is 5.16 Å². The SMILES string of the molecule is COCCSc1nnc(N2CCOCC2)n1CC(C)C. The zero-order chi connectivity index (χ0) is 14.4. The fourth-order valence-electron chi connectivity index (χ4n) is 2.13. The van der Waals surface area contributed by atoms with E-state index in [1.807, 2.05) is 0 Å². The molecule has 1 fully saturated rings. The molecular weight excluding hydrogens is 276 g/mol. The molecule has 0 spiro atoms. The predicted octanol–water partition coefficient (Wildman–Crippen LogP) is 1.51. The zero-order valence-electron chi connectivity index (χ0n) is 12.5. The van der Waals surface area contributed by atoms with Crippen LogP contribution in [0.2, 0.25) is 0 Å². The van der Waals surface area contributed by atoms with Gasteiger partial charge in [0.1, 0.15) is 0 Å². The molecule has 1 aliphatic heterocycles. The van der Waals surface area contributed by atoms with E-state index in [0.717, 1.165) is 56.3 Å². The summed E-state index contributed by atoms with van der Waals surface area (Å²) in [5, 5.41) is 9.73.